The number of carbonyl (C=O) groups is 1. The van der Waals surface area contributed by atoms with Gasteiger partial charge in [0, 0.05) is 31.2 Å². The number of nitrogens with one attached hydrogen (secondary N) is 1. The van der Waals surface area contributed by atoms with Crippen LogP contribution in [-0.4, -0.2) is 72.3 Å². The summed E-state index contributed by atoms with van der Waals surface area (Å²) < 4.78 is 5.36. The summed E-state index contributed by atoms with van der Waals surface area (Å²) in [7, 11) is 0. The summed E-state index contributed by atoms with van der Waals surface area (Å²) in [5, 5.41) is 3.12. The van der Waals surface area contributed by atoms with Crippen LogP contribution in [0.3, 0.4) is 0 Å². The molecule has 0 spiro atoms. The van der Waals surface area contributed by atoms with E-state index in [0.29, 0.717) is 24.9 Å². The molecule has 3 heterocycles. The molecule has 0 radical (unpaired) electrons. The molecule has 1 aromatic rings. The first kappa shape index (κ1) is 15.8. The predicted molar refractivity (Wildman–Crippen MR) is 90.1 cm³/mol. The Morgan fingerprint density at radius 3 is 2.62 bits per heavy atom. The van der Waals surface area contributed by atoms with Gasteiger partial charge in [0.2, 0.25) is 0 Å². The minimum atomic E-state index is -0.0863. The zero-order valence-electron chi connectivity index (χ0n) is 14.0. The van der Waals surface area contributed by atoms with Crippen LogP contribution in [0.4, 0.5) is 5.82 Å². The average molecular weight is 331 g/mol. The summed E-state index contributed by atoms with van der Waals surface area (Å²) in [5.41, 5.74) is 0.455. The molecule has 0 atom stereocenters. The van der Waals surface area contributed by atoms with Gasteiger partial charge in [-0.1, -0.05) is 0 Å². The lowest BCUT2D eigenvalue weighted by molar-refractivity contribution is 0.0815. The molecule has 0 unspecified atom stereocenters. The first-order chi connectivity index (χ1) is 11.8. The highest BCUT2D eigenvalue weighted by Gasteiger charge is 2.35. The summed E-state index contributed by atoms with van der Waals surface area (Å²) in [6.45, 7) is 5.45. The Labute approximate surface area is 142 Å². The maximum absolute atomic E-state index is 12.5. The lowest BCUT2D eigenvalue weighted by Gasteiger charge is -2.41. The van der Waals surface area contributed by atoms with Crippen molar-refractivity contribution < 1.29 is 9.53 Å². The molecule has 1 saturated carbocycles. The maximum atomic E-state index is 12.5. The zero-order chi connectivity index (χ0) is 16.4. The summed E-state index contributed by atoms with van der Waals surface area (Å²) in [6.07, 6.45) is 6.24. The highest BCUT2D eigenvalue weighted by molar-refractivity contribution is 5.93. The summed E-state index contributed by atoms with van der Waals surface area (Å²) in [5.74, 6) is 0.721. The highest BCUT2D eigenvalue weighted by Crippen LogP contribution is 2.28. The van der Waals surface area contributed by atoms with Crippen molar-refractivity contribution in [1.82, 2.24) is 20.2 Å². The van der Waals surface area contributed by atoms with Crippen molar-refractivity contribution in [2.45, 2.75) is 37.8 Å². The topological polar surface area (TPSA) is 70.6 Å². The van der Waals surface area contributed by atoms with Gasteiger partial charge in [-0.3, -0.25) is 4.79 Å². The molecule has 1 aliphatic carbocycles. The molecule has 1 N–H and O–H groups in total. The van der Waals surface area contributed by atoms with Crippen molar-refractivity contribution in [2.75, 3.05) is 44.3 Å². The SMILES string of the molecule is O=C(NC1CC(N2CCCC2)C1)c1cc(N2CCOCC2)ncn1. The average Bonchev–Trinajstić information content (AvgIpc) is 3.12. The van der Waals surface area contributed by atoms with Gasteiger partial charge in [0.05, 0.1) is 13.2 Å². The molecule has 1 aromatic heterocycles. The van der Waals surface area contributed by atoms with E-state index in [9.17, 15) is 4.79 Å². The molecular formula is C17H25N5O2. The van der Waals surface area contributed by atoms with Crippen LogP contribution in [0.15, 0.2) is 12.4 Å². The molecule has 2 saturated heterocycles. The standard InChI is InChI=1S/C17H25N5O2/c23-17(20-13-9-14(10-13)21-3-1-2-4-21)15-11-16(19-12-18-15)22-5-7-24-8-6-22/h11-14H,1-10H2,(H,20,23). The fraction of sp³-hybridized carbons (Fsp3) is 0.706. The number of likely N-dealkylation sites (tertiary alicyclic amines) is 1. The van der Waals surface area contributed by atoms with Crippen LogP contribution in [-0.2, 0) is 4.74 Å². The van der Waals surface area contributed by atoms with Gasteiger partial charge >= 0.3 is 0 Å². The van der Waals surface area contributed by atoms with Crippen LogP contribution in [0.1, 0.15) is 36.2 Å². The van der Waals surface area contributed by atoms with Gasteiger partial charge < -0.3 is 19.9 Å². The molecule has 3 fully saturated rings. The van der Waals surface area contributed by atoms with Gasteiger partial charge in [-0.05, 0) is 38.8 Å². The van der Waals surface area contributed by atoms with Crippen LogP contribution in [0.25, 0.3) is 0 Å². The molecule has 0 bridgehead atoms. The molecule has 130 valence electrons. The van der Waals surface area contributed by atoms with E-state index in [1.165, 1.54) is 32.3 Å². The van der Waals surface area contributed by atoms with Gasteiger partial charge in [0.1, 0.15) is 17.8 Å². The highest BCUT2D eigenvalue weighted by atomic mass is 16.5. The van der Waals surface area contributed by atoms with Crippen LogP contribution in [0, 0.1) is 0 Å². The third-order valence-electron chi connectivity index (χ3n) is 5.33. The zero-order valence-corrected chi connectivity index (χ0v) is 14.0. The lowest BCUT2D eigenvalue weighted by Crippen LogP contribution is -2.53. The Hall–Kier alpha value is -1.73. The van der Waals surface area contributed by atoms with Gasteiger partial charge in [0.15, 0.2) is 0 Å². The maximum Gasteiger partial charge on any atom is 0.270 e. The Bertz CT molecular complexity index is 578. The number of morpholine rings is 1. The van der Waals surface area contributed by atoms with E-state index in [1.807, 2.05) is 0 Å². The fourth-order valence-electron chi connectivity index (χ4n) is 3.81. The first-order valence-corrected chi connectivity index (χ1v) is 8.99. The molecule has 1 amide bonds. The summed E-state index contributed by atoms with van der Waals surface area (Å²) >= 11 is 0. The Morgan fingerprint density at radius 1 is 1.12 bits per heavy atom. The van der Waals surface area contributed by atoms with E-state index in [0.717, 1.165) is 31.7 Å². The second-order valence-corrected chi connectivity index (χ2v) is 6.90. The van der Waals surface area contributed by atoms with Crippen molar-refractivity contribution in [1.29, 1.82) is 0 Å². The van der Waals surface area contributed by atoms with Crippen molar-refractivity contribution in [3.05, 3.63) is 18.1 Å². The van der Waals surface area contributed by atoms with E-state index in [4.69, 9.17) is 4.74 Å². The number of nitrogens with zero attached hydrogens (tertiary/aromatic N) is 4. The molecule has 7 heteroatoms. The number of rotatable bonds is 4. The first-order valence-electron chi connectivity index (χ1n) is 8.99. The molecule has 3 aliphatic rings. The number of amides is 1. The fourth-order valence-corrected chi connectivity index (χ4v) is 3.81. The van der Waals surface area contributed by atoms with Gasteiger partial charge in [-0.2, -0.15) is 0 Å². The molecule has 0 aromatic carbocycles. The second-order valence-electron chi connectivity index (χ2n) is 6.90. The molecule has 7 nitrogen and oxygen atoms in total. The van der Waals surface area contributed by atoms with Crippen molar-refractivity contribution in [3.63, 3.8) is 0 Å². The normalized spacial score (nSPS) is 27.8. The largest absolute Gasteiger partial charge is 0.378 e. The van der Waals surface area contributed by atoms with Crippen molar-refractivity contribution >= 4 is 11.7 Å². The Kier molecular flexibility index (Phi) is 4.62. The third kappa shape index (κ3) is 3.37. The van der Waals surface area contributed by atoms with E-state index in [2.05, 4.69) is 25.1 Å². The van der Waals surface area contributed by atoms with Gasteiger partial charge in [-0.15, -0.1) is 0 Å². The van der Waals surface area contributed by atoms with E-state index in [-0.39, 0.29) is 11.9 Å². The molecule has 4 rings (SSSR count). The molecule has 2 aliphatic heterocycles. The van der Waals surface area contributed by atoms with Crippen molar-refractivity contribution in [3.8, 4) is 0 Å². The minimum absolute atomic E-state index is 0.0863. The lowest BCUT2D eigenvalue weighted by atomic mass is 9.85. The van der Waals surface area contributed by atoms with E-state index < -0.39 is 0 Å². The summed E-state index contributed by atoms with van der Waals surface area (Å²) in [4.78, 5) is 25.6. The summed E-state index contributed by atoms with van der Waals surface area (Å²) in [6, 6.07) is 2.73. The van der Waals surface area contributed by atoms with Crippen LogP contribution >= 0.6 is 0 Å². The number of aromatic nitrogens is 2. The molecular weight excluding hydrogens is 306 g/mol. The Balaban J connectivity index is 1.31. The van der Waals surface area contributed by atoms with Crippen LogP contribution in [0.2, 0.25) is 0 Å². The number of hydrogen-bond acceptors (Lipinski definition) is 6. The van der Waals surface area contributed by atoms with Crippen LogP contribution < -0.4 is 10.2 Å². The third-order valence-corrected chi connectivity index (χ3v) is 5.33. The van der Waals surface area contributed by atoms with Gasteiger partial charge in [-0.25, -0.2) is 9.97 Å². The quantitative estimate of drug-likeness (QED) is 0.874. The van der Waals surface area contributed by atoms with Gasteiger partial charge in [0.25, 0.3) is 5.91 Å². The number of hydrogen-bond donors (Lipinski definition) is 1. The smallest absolute Gasteiger partial charge is 0.270 e. The second kappa shape index (κ2) is 7.03. The minimum Gasteiger partial charge on any atom is -0.378 e. The number of anilines is 1. The monoisotopic (exact) mass is 331 g/mol. The van der Waals surface area contributed by atoms with Crippen molar-refractivity contribution in [2.24, 2.45) is 0 Å². The van der Waals surface area contributed by atoms with Crippen LogP contribution in [0.5, 0.6) is 0 Å². The predicted octanol–water partition coefficient (Wildman–Crippen LogP) is 0.670. The number of ether oxygens (including phenoxy) is 1. The number of carbonyl (C=O) groups excluding carboxylic acids is 1. The van der Waals surface area contributed by atoms with E-state index in [1.54, 1.807) is 6.07 Å². The Morgan fingerprint density at radius 2 is 1.88 bits per heavy atom. The van der Waals surface area contributed by atoms with E-state index >= 15 is 0 Å². The molecule has 24 heavy (non-hydrogen) atoms.